The summed E-state index contributed by atoms with van der Waals surface area (Å²) >= 11 is 0. The molecule has 19 heavy (non-hydrogen) atoms. The minimum atomic E-state index is -1.51. The van der Waals surface area contributed by atoms with Crippen LogP contribution in [0.15, 0.2) is 34.7 Å². The number of methoxy groups -OCH3 is 1. The highest BCUT2D eigenvalue weighted by Crippen LogP contribution is 2.27. The molecule has 0 saturated heterocycles. The summed E-state index contributed by atoms with van der Waals surface area (Å²) in [6.07, 6.45) is -1.51. The van der Waals surface area contributed by atoms with Gasteiger partial charge in [-0.3, -0.25) is 0 Å². The number of benzene rings is 1. The summed E-state index contributed by atoms with van der Waals surface area (Å²) < 4.78 is 36.0. The predicted molar refractivity (Wildman–Crippen MR) is 60.5 cm³/mol. The SMILES string of the molecule is COC(=O)c1ccc(C(O)c2cccc(F)c2F)o1. The van der Waals surface area contributed by atoms with Gasteiger partial charge in [0.2, 0.25) is 5.76 Å². The second kappa shape index (κ2) is 5.19. The Morgan fingerprint density at radius 3 is 2.74 bits per heavy atom. The number of hydrogen-bond acceptors (Lipinski definition) is 4. The molecule has 2 rings (SSSR count). The fourth-order valence-electron chi connectivity index (χ4n) is 1.60. The van der Waals surface area contributed by atoms with Crippen LogP contribution in [0.1, 0.15) is 28.0 Å². The molecule has 1 unspecified atom stereocenters. The van der Waals surface area contributed by atoms with E-state index in [0.29, 0.717) is 0 Å². The summed E-state index contributed by atoms with van der Waals surface area (Å²) in [6, 6.07) is 6.00. The highest BCUT2D eigenvalue weighted by molar-refractivity contribution is 5.86. The van der Waals surface area contributed by atoms with Gasteiger partial charge in [0.1, 0.15) is 11.9 Å². The van der Waals surface area contributed by atoms with Crippen molar-refractivity contribution in [2.75, 3.05) is 7.11 Å². The summed E-state index contributed by atoms with van der Waals surface area (Å²) in [7, 11) is 1.17. The van der Waals surface area contributed by atoms with E-state index in [9.17, 15) is 18.7 Å². The van der Waals surface area contributed by atoms with E-state index in [0.717, 1.165) is 6.07 Å². The quantitative estimate of drug-likeness (QED) is 0.868. The number of hydrogen-bond donors (Lipinski definition) is 1. The number of aliphatic hydroxyl groups is 1. The Morgan fingerprint density at radius 1 is 1.32 bits per heavy atom. The van der Waals surface area contributed by atoms with Gasteiger partial charge in [-0.05, 0) is 18.2 Å². The highest BCUT2D eigenvalue weighted by Gasteiger charge is 2.22. The van der Waals surface area contributed by atoms with Crippen LogP contribution in [0.4, 0.5) is 8.78 Å². The van der Waals surface area contributed by atoms with Gasteiger partial charge in [0, 0.05) is 5.56 Å². The van der Waals surface area contributed by atoms with Gasteiger partial charge in [-0.25, -0.2) is 13.6 Å². The van der Waals surface area contributed by atoms with E-state index in [1.165, 1.54) is 31.4 Å². The maximum Gasteiger partial charge on any atom is 0.373 e. The lowest BCUT2D eigenvalue weighted by molar-refractivity contribution is 0.0558. The number of halogens is 2. The zero-order chi connectivity index (χ0) is 14.0. The van der Waals surface area contributed by atoms with Gasteiger partial charge < -0.3 is 14.3 Å². The molecule has 2 aromatic rings. The topological polar surface area (TPSA) is 59.7 Å². The first kappa shape index (κ1) is 13.2. The molecule has 0 spiro atoms. The Labute approximate surface area is 107 Å². The molecule has 0 fully saturated rings. The number of rotatable bonds is 3. The van der Waals surface area contributed by atoms with Crippen molar-refractivity contribution in [3.05, 3.63) is 59.1 Å². The van der Waals surface area contributed by atoms with Gasteiger partial charge in [0.05, 0.1) is 7.11 Å². The molecule has 1 atom stereocenters. The molecule has 0 saturated carbocycles. The minimum Gasteiger partial charge on any atom is -0.463 e. The van der Waals surface area contributed by atoms with E-state index in [2.05, 4.69) is 4.74 Å². The normalized spacial score (nSPS) is 12.2. The molecule has 0 bridgehead atoms. The molecular weight excluding hydrogens is 258 g/mol. The predicted octanol–water partition coefficient (Wildman–Crippen LogP) is 2.43. The van der Waals surface area contributed by atoms with Crippen molar-refractivity contribution in [1.82, 2.24) is 0 Å². The first-order valence-electron chi connectivity index (χ1n) is 5.34. The molecule has 0 aliphatic heterocycles. The summed E-state index contributed by atoms with van der Waals surface area (Å²) in [5, 5.41) is 9.91. The zero-order valence-electron chi connectivity index (χ0n) is 9.89. The van der Waals surface area contributed by atoms with Crippen LogP contribution >= 0.6 is 0 Å². The van der Waals surface area contributed by atoms with Gasteiger partial charge >= 0.3 is 5.97 Å². The molecule has 1 N–H and O–H groups in total. The van der Waals surface area contributed by atoms with Crippen LogP contribution < -0.4 is 0 Å². The van der Waals surface area contributed by atoms with Crippen LogP contribution in [-0.2, 0) is 4.74 Å². The molecule has 1 heterocycles. The molecule has 1 aromatic carbocycles. The number of furan rings is 1. The number of carbonyl (C=O) groups is 1. The van der Waals surface area contributed by atoms with Crippen molar-refractivity contribution in [1.29, 1.82) is 0 Å². The van der Waals surface area contributed by atoms with Crippen molar-refractivity contribution in [2.45, 2.75) is 6.10 Å². The van der Waals surface area contributed by atoms with Gasteiger partial charge in [0.25, 0.3) is 0 Å². The second-order valence-electron chi connectivity index (χ2n) is 3.74. The van der Waals surface area contributed by atoms with Gasteiger partial charge in [0.15, 0.2) is 11.6 Å². The van der Waals surface area contributed by atoms with Crippen LogP contribution in [0.3, 0.4) is 0 Å². The summed E-state index contributed by atoms with van der Waals surface area (Å²) in [5.41, 5.74) is -0.272. The summed E-state index contributed by atoms with van der Waals surface area (Å²) in [5.74, 6) is -3.17. The Balaban J connectivity index is 2.34. The molecule has 6 heteroatoms. The molecular formula is C13H10F2O4. The first-order valence-corrected chi connectivity index (χ1v) is 5.34. The number of ether oxygens (including phenoxy) is 1. The zero-order valence-corrected chi connectivity index (χ0v) is 9.89. The Bertz CT molecular complexity index is 606. The Kier molecular flexibility index (Phi) is 3.62. The molecule has 0 aliphatic carbocycles. The molecule has 0 aliphatic rings. The lowest BCUT2D eigenvalue weighted by Gasteiger charge is -2.09. The largest absolute Gasteiger partial charge is 0.463 e. The molecule has 0 amide bonds. The van der Waals surface area contributed by atoms with Crippen LogP contribution in [0.25, 0.3) is 0 Å². The second-order valence-corrected chi connectivity index (χ2v) is 3.74. The van der Waals surface area contributed by atoms with Crippen molar-refractivity contribution >= 4 is 5.97 Å². The smallest absolute Gasteiger partial charge is 0.373 e. The monoisotopic (exact) mass is 268 g/mol. The molecule has 1 aromatic heterocycles. The average Bonchev–Trinajstić information content (AvgIpc) is 2.90. The minimum absolute atomic E-state index is 0.0788. The van der Waals surface area contributed by atoms with Crippen molar-refractivity contribution < 1.29 is 27.8 Å². The summed E-state index contributed by atoms with van der Waals surface area (Å²) in [6.45, 7) is 0. The van der Waals surface area contributed by atoms with Crippen molar-refractivity contribution in [3.8, 4) is 0 Å². The Morgan fingerprint density at radius 2 is 2.05 bits per heavy atom. The maximum absolute atomic E-state index is 13.5. The van der Waals surface area contributed by atoms with Crippen LogP contribution in [0.5, 0.6) is 0 Å². The standard InChI is InChI=1S/C13H10F2O4/c1-18-13(17)10-6-5-9(19-10)12(16)7-3-2-4-8(14)11(7)15/h2-6,12,16H,1H3. The third kappa shape index (κ3) is 2.48. The van der Waals surface area contributed by atoms with E-state index in [1.54, 1.807) is 0 Å². The fourth-order valence-corrected chi connectivity index (χ4v) is 1.60. The maximum atomic E-state index is 13.5. The van der Waals surface area contributed by atoms with Crippen LogP contribution in [0.2, 0.25) is 0 Å². The number of esters is 1. The van der Waals surface area contributed by atoms with Gasteiger partial charge in [-0.1, -0.05) is 12.1 Å². The highest BCUT2D eigenvalue weighted by atomic mass is 19.2. The number of aliphatic hydroxyl groups excluding tert-OH is 1. The summed E-state index contributed by atoms with van der Waals surface area (Å²) in [4.78, 5) is 11.2. The number of carbonyl (C=O) groups excluding carboxylic acids is 1. The van der Waals surface area contributed by atoms with E-state index >= 15 is 0 Å². The van der Waals surface area contributed by atoms with E-state index < -0.39 is 23.7 Å². The van der Waals surface area contributed by atoms with Crippen LogP contribution in [0, 0.1) is 11.6 Å². The first-order chi connectivity index (χ1) is 9.04. The fraction of sp³-hybridized carbons (Fsp3) is 0.154. The van der Waals surface area contributed by atoms with Gasteiger partial charge in [-0.15, -0.1) is 0 Å². The van der Waals surface area contributed by atoms with E-state index in [1.807, 2.05) is 0 Å². The average molecular weight is 268 g/mol. The lowest BCUT2D eigenvalue weighted by Crippen LogP contribution is -2.03. The molecule has 100 valence electrons. The Hall–Kier alpha value is -2.21. The van der Waals surface area contributed by atoms with E-state index in [4.69, 9.17) is 4.42 Å². The third-order valence-corrected chi connectivity index (χ3v) is 2.56. The molecule has 4 nitrogen and oxygen atoms in total. The van der Waals surface area contributed by atoms with Gasteiger partial charge in [-0.2, -0.15) is 0 Å². The van der Waals surface area contributed by atoms with Crippen molar-refractivity contribution in [3.63, 3.8) is 0 Å². The third-order valence-electron chi connectivity index (χ3n) is 2.56. The van der Waals surface area contributed by atoms with Crippen molar-refractivity contribution in [2.24, 2.45) is 0 Å². The van der Waals surface area contributed by atoms with E-state index in [-0.39, 0.29) is 17.1 Å². The van der Waals surface area contributed by atoms with Crippen LogP contribution in [-0.4, -0.2) is 18.2 Å². The lowest BCUT2D eigenvalue weighted by atomic mass is 10.1. The molecule has 0 radical (unpaired) electrons.